The van der Waals surface area contributed by atoms with Gasteiger partial charge in [-0.1, -0.05) is 23.7 Å². The van der Waals surface area contributed by atoms with Crippen molar-refractivity contribution in [2.24, 2.45) is 0 Å². The van der Waals surface area contributed by atoms with Crippen LogP contribution in [0.25, 0.3) is 0 Å². The van der Waals surface area contributed by atoms with Gasteiger partial charge in [-0.2, -0.15) is 0 Å². The molecule has 0 aliphatic rings. The number of hydrogen-bond acceptors (Lipinski definition) is 2. The predicted octanol–water partition coefficient (Wildman–Crippen LogP) is 4.22. The summed E-state index contributed by atoms with van der Waals surface area (Å²) in [6, 6.07) is 11.2. The molecule has 2 aromatic rings. The second-order valence-corrected chi connectivity index (χ2v) is 5.28. The number of halogens is 2. The van der Waals surface area contributed by atoms with Crippen LogP contribution in [0.15, 0.2) is 42.5 Å². The monoisotopic (exact) mass is 307 g/mol. The Morgan fingerprint density at radius 1 is 1.29 bits per heavy atom. The summed E-state index contributed by atoms with van der Waals surface area (Å²) in [5.41, 5.74) is 1.85. The standard InChI is InChI=1S/C16H15ClFNO2/c1-10(8-11-2-4-12(18)5-3-11)19-13-6-7-14(16(20)21)15(17)9-13/h2-7,9-10,19H,8H2,1H3,(H,20,21). The van der Waals surface area contributed by atoms with Gasteiger partial charge in [0.1, 0.15) is 5.82 Å². The van der Waals surface area contributed by atoms with E-state index < -0.39 is 5.97 Å². The second kappa shape index (κ2) is 6.59. The number of carbonyl (C=O) groups is 1. The first-order valence-corrected chi connectivity index (χ1v) is 6.87. The van der Waals surface area contributed by atoms with Crippen LogP contribution in [0.3, 0.4) is 0 Å². The number of nitrogens with one attached hydrogen (secondary N) is 1. The maximum Gasteiger partial charge on any atom is 0.337 e. The molecule has 0 aliphatic carbocycles. The van der Waals surface area contributed by atoms with Crippen LogP contribution in [0.1, 0.15) is 22.8 Å². The molecule has 0 heterocycles. The van der Waals surface area contributed by atoms with E-state index in [9.17, 15) is 9.18 Å². The molecular weight excluding hydrogens is 293 g/mol. The van der Waals surface area contributed by atoms with Crippen LogP contribution in [-0.4, -0.2) is 17.1 Å². The predicted molar refractivity (Wildman–Crippen MR) is 81.6 cm³/mol. The highest BCUT2D eigenvalue weighted by molar-refractivity contribution is 6.33. The Morgan fingerprint density at radius 2 is 1.95 bits per heavy atom. The zero-order valence-electron chi connectivity index (χ0n) is 11.4. The van der Waals surface area contributed by atoms with Gasteiger partial charge in [0.2, 0.25) is 0 Å². The largest absolute Gasteiger partial charge is 0.478 e. The molecule has 0 fully saturated rings. The van der Waals surface area contributed by atoms with Crippen molar-refractivity contribution in [1.82, 2.24) is 0 Å². The van der Waals surface area contributed by atoms with Crippen molar-refractivity contribution in [3.05, 3.63) is 64.4 Å². The molecule has 0 amide bonds. The third-order valence-electron chi connectivity index (χ3n) is 3.07. The molecule has 2 rings (SSSR count). The fraction of sp³-hybridized carbons (Fsp3) is 0.188. The summed E-state index contributed by atoms with van der Waals surface area (Å²) in [6.07, 6.45) is 0.721. The fourth-order valence-corrected chi connectivity index (χ4v) is 2.35. The average Bonchev–Trinajstić information content (AvgIpc) is 2.41. The molecule has 110 valence electrons. The molecule has 21 heavy (non-hydrogen) atoms. The van der Waals surface area contributed by atoms with Crippen LogP contribution in [0.4, 0.5) is 10.1 Å². The zero-order chi connectivity index (χ0) is 15.4. The Labute approximate surface area is 127 Å². The Morgan fingerprint density at radius 3 is 2.52 bits per heavy atom. The van der Waals surface area contributed by atoms with Crippen LogP contribution in [-0.2, 0) is 6.42 Å². The first-order chi connectivity index (χ1) is 9.95. The SMILES string of the molecule is CC(Cc1ccc(F)cc1)Nc1ccc(C(=O)O)c(Cl)c1. The van der Waals surface area contributed by atoms with E-state index in [-0.39, 0.29) is 22.4 Å². The van der Waals surface area contributed by atoms with Crippen molar-refractivity contribution in [2.45, 2.75) is 19.4 Å². The van der Waals surface area contributed by atoms with Crippen molar-refractivity contribution in [1.29, 1.82) is 0 Å². The van der Waals surface area contributed by atoms with Crippen LogP contribution in [0.2, 0.25) is 5.02 Å². The minimum absolute atomic E-state index is 0.0772. The average molecular weight is 308 g/mol. The minimum atomic E-state index is -1.05. The van der Waals surface area contributed by atoms with Crippen molar-refractivity contribution in [3.63, 3.8) is 0 Å². The van der Waals surface area contributed by atoms with E-state index in [4.69, 9.17) is 16.7 Å². The highest BCUT2D eigenvalue weighted by atomic mass is 35.5. The van der Waals surface area contributed by atoms with E-state index in [0.717, 1.165) is 17.7 Å². The van der Waals surface area contributed by atoms with Crippen molar-refractivity contribution < 1.29 is 14.3 Å². The molecule has 2 N–H and O–H groups in total. The number of anilines is 1. The molecule has 2 aromatic carbocycles. The van der Waals surface area contributed by atoms with Crippen molar-refractivity contribution in [2.75, 3.05) is 5.32 Å². The minimum Gasteiger partial charge on any atom is -0.478 e. The van der Waals surface area contributed by atoms with Gasteiger partial charge >= 0.3 is 5.97 Å². The molecule has 1 atom stereocenters. The zero-order valence-corrected chi connectivity index (χ0v) is 12.2. The summed E-state index contributed by atoms with van der Waals surface area (Å²) in [6.45, 7) is 1.99. The molecular formula is C16H15ClFNO2. The quantitative estimate of drug-likeness (QED) is 0.869. The van der Waals surface area contributed by atoms with E-state index in [0.29, 0.717) is 0 Å². The maximum atomic E-state index is 12.8. The Kier molecular flexibility index (Phi) is 4.81. The molecule has 0 bridgehead atoms. The van der Waals surface area contributed by atoms with Crippen molar-refractivity contribution in [3.8, 4) is 0 Å². The Balaban J connectivity index is 2.02. The number of carboxylic acids is 1. The molecule has 5 heteroatoms. The maximum absolute atomic E-state index is 12.8. The molecule has 0 radical (unpaired) electrons. The molecule has 0 spiro atoms. The number of benzene rings is 2. The number of aromatic carboxylic acids is 1. The highest BCUT2D eigenvalue weighted by Gasteiger charge is 2.10. The second-order valence-electron chi connectivity index (χ2n) is 4.88. The topological polar surface area (TPSA) is 49.3 Å². The smallest absolute Gasteiger partial charge is 0.337 e. The molecule has 0 saturated heterocycles. The number of hydrogen-bond donors (Lipinski definition) is 2. The highest BCUT2D eigenvalue weighted by Crippen LogP contribution is 2.22. The summed E-state index contributed by atoms with van der Waals surface area (Å²) < 4.78 is 12.8. The van der Waals surface area contributed by atoms with Crippen LogP contribution in [0, 0.1) is 5.82 Å². The third kappa shape index (κ3) is 4.20. The molecule has 0 saturated carbocycles. The van der Waals surface area contributed by atoms with Gasteiger partial charge in [0.15, 0.2) is 0 Å². The molecule has 0 aromatic heterocycles. The first kappa shape index (κ1) is 15.3. The lowest BCUT2D eigenvalue weighted by Gasteiger charge is -2.16. The third-order valence-corrected chi connectivity index (χ3v) is 3.38. The Hall–Kier alpha value is -2.07. The van der Waals surface area contributed by atoms with Gasteiger partial charge in [0.25, 0.3) is 0 Å². The van der Waals surface area contributed by atoms with E-state index in [2.05, 4.69) is 5.32 Å². The van der Waals surface area contributed by atoms with E-state index in [1.54, 1.807) is 24.3 Å². The van der Waals surface area contributed by atoms with Gasteiger partial charge in [0, 0.05) is 11.7 Å². The fourth-order valence-electron chi connectivity index (χ4n) is 2.09. The van der Waals surface area contributed by atoms with Crippen LogP contribution >= 0.6 is 11.6 Å². The lowest BCUT2D eigenvalue weighted by molar-refractivity contribution is 0.0697. The number of carboxylic acid groups (broad SMARTS) is 1. The lowest BCUT2D eigenvalue weighted by Crippen LogP contribution is -2.18. The summed E-state index contributed by atoms with van der Waals surface area (Å²) in [4.78, 5) is 10.9. The summed E-state index contributed by atoms with van der Waals surface area (Å²) >= 11 is 5.92. The van der Waals surface area contributed by atoms with Crippen molar-refractivity contribution >= 4 is 23.3 Å². The van der Waals surface area contributed by atoms with Crippen LogP contribution in [0.5, 0.6) is 0 Å². The molecule has 3 nitrogen and oxygen atoms in total. The first-order valence-electron chi connectivity index (χ1n) is 6.49. The summed E-state index contributed by atoms with van der Waals surface area (Å²) in [5, 5.41) is 12.4. The molecule has 1 unspecified atom stereocenters. The van der Waals surface area contributed by atoms with Gasteiger partial charge in [-0.3, -0.25) is 0 Å². The van der Waals surface area contributed by atoms with Gasteiger partial charge in [-0.15, -0.1) is 0 Å². The number of rotatable bonds is 5. The summed E-state index contributed by atoms with van der Waals surface area (Å²) in [7, 11) is 0. The van der Waals surface area contributed by atoms with Gasteiger partial charge in [-0.05, 0) is 49.2 Å². The summed E-state index contributed by atoms with van der Waals surface area (Å²) in [5.74, 6) is -1.30. The normalized spacial score (nSPS) is 12.0. The molecule has 0 aliphatic heterocycles. The van der Waals surface area contributed by atoms with Gasteiger partial charge in [-0.25, -0.2) is 9.18 Å². The van der Waals surface area contributed by atoms with Gasteiger partial charge in [0.05, 0.1) is 10.6 Å². The van der Waals surface area contributed by atoms with E-state index in [1.807, 2.05) is 6.92 Å². The van der Waals surface area contributed by atoms with E-state index in [1.165, 1.54) is 18.2 Å². The van der Waals surface area contributed by atoms with Crippen LogP contribution < -0.4 is 5.32 Å². The van der Waals surface area contributed by atoms with E-state index >= 15 is 0 Å². The lowest BCUT2D eigenvalue weighted by atomic mass is 10.1. The van der Waals surface area contributed by atoms with Gasteiger partial charge < -0.3 is 10.4 Å². The Bertz CT molecular complexity index is 643.